The molecule has 1 aromatic rings. The molecule has 0 bridgehead atoms. The Labute approximate surface area is 454 Å². The van der Waals surface area contributed by atoms with E-state index in [0.29, 0.717) is 5.56 Å². The molecule has 2 fully saturated rings. The largest absolute Gasteiger partial charge is 0.481 e. The molecule has 0 radical (unpaired) electrons. The maximum atomic E-state index is 14.1. The first-order chi connectivity index (χ1) is 37.3. The Morgan fingerprint density at radius 2 is 1.15 bits per heavy atom. The van der Waals surface area contributed by atoms with Crippen LogP contribution in [0.5, 0.6) is 0 Å². The highest BCUT2D eigenvalue weighted by atomic mass is 31.2. The molecule has 19 N–H and O–H groups in total. The van der Waals surface area contributed by atoms with Crippen molar-refractivity contribution in [3.8, 4) is 0 Å². The summed E-state index contributed by atoms with van der Waals surface area (Å²) in [5.74, 6) is -14.7. The lowest BCUT2D eigenvalue weighted by Gasteiger charge is -2.30. The summed E-state index contributed by atoms with van der Waals surface area (Å²) >= 11 is 0. The number of aliphatic carboxylic acids is 2. The molecule has 2 aliphatic heterocycles. The van der Waals surface area contributed by atoms with Crippen molar-refractivity contribution in [2.75, 3.05) is 39.5 Å². The fraction of sp³-hybridized carbons (Fsp3) is 0.581. The third kappa shape index (κ3) is 22.2. The first-order valence-electron chi connectivity index (χ1n) is 24.2. The van der Waals surface area contributed by atoms with E-state index in [1.165, 1.54) is 0 Å². The first-order valence-corrected chi connectivity index (χ1v) is 27.3. The number of nitrogens with zero attached hydrogens (tertiary/aromatic N) is 2. The van der Waals surface area contributed by atoms with Crippen LogP contribution in [-0.4, -0.2) is 221 Å². The molecule has 10 atom stereocenters. The fourth-order valence-electron chi connectivity index (χ4n) is 7.98. The number of nitrogens with two attached hydrogens (primary N) is 2. The highest BCUT2D eigenvalue weighted by Gasteiger charge is 2.42. The number of carbonyl (C=O) groups is 12. The van der Waals surface area contributed by atoms with E-state index >= 15 is 0 Å². The predicted octanol–water partition coefficient (Wildman–Crippen LogP) is -8.02. The number of aliphatic hydroxyl groups excluding tert-OH is 2. The lowest BCUT2D eigenvalue weighted by molar-refractivity contribution is -0.146. The molecule has 0 aromatic heterocycles. The molecule has 0 saturated carbocycles. The summed E-state index contributed by atoms with van der Waals surface area (Å²) in [6.45, 7) is -4.05. The number of phosphoric ester groups is 2. The van der Waals surface area contributed by atoms with Crippen molar-refractivity contribution < 1.29 is 116 Å². The van der Waals surface area contributed by atoms with E-state index in [1.54, 1.807) is 30.3 Å². The van der Waals surface area contributed by atoms with Gasteiger partial charge in [0.1, 0.15) is 54.4 Å². The van der Waals surface area contributed by atoms with Crippen LogP contribution in [0.1, 0.15) is 57.4 Å². The molecule has 3 rings (SSSR count). The summed E-state index contributed by atoms with van der Waals surface area (Å²) in [6.07, 6.45) is -3.60. The van der Waals surface area contributed by atoms with E-state index in [-0.39, 0.29) is 45.2 Å². The molecule has 0 aliphatic carbocycles. The first kappa shape index (κ1) is 67.2. The van der Waals surface area contributed by atoms with Crippen LogP contribution in [0.3, 0.4) is 0 Å². The highest BCUT2D eigenvalue weighted by molar-refractivity contribution is 7.46. The van der Waals surface area contributed by atoms with E-state index in [1.807, 2.05) is 16.0 Å². The highest BCUT2D eigenvalue weighted by Crippen LogP contribution is 2.36. The predicted molar refractivity (Wildman–Crippen MR) is 265 cm³/mol. The number of likely N-dealkylation sites (tertiary alicyclic amines) is 2. The normalized spacial score (nSPS) is 18.4. The lowest BCUT2D eigenvalue weighted by Crippen LogP contribution is -2.61. The molecule has 2 saturated heterocycles. The molecule has 80 heavy (non-hydrogen) atoms. The molecule has 0 unspecified atom stereocenters. The van der Waals surface area contributed by atoms with Gasteiger partial charge >= 0.3 is 27.6 Å². The van der Waals surface area contributed by atoms with Crippen LogP contribution in [0.25, 0.3) is 0 Å². The summed E-state index contributed by atoms with van der Waals surface area (Å²) in [5, 5.41) is 53.7. The van der Waals surface area contributed by atoms with Crippen LogP contribution < -0.4 is 48.7 Å². The van der Waals surface area contributed by atoms with E-state index in [0.717, 1.165) is 16.7 Å². The molecule has 0 spiro atoms. The average molecular weight is 1180 g/mol. The lowest BCUT2D eigenvalue weighted by atomic mass is 10.0. The quantitative estimate of drug-likeness (QED) is 0.0298. The smallest absolute Gasteiger partial charge is 0.469 e. The monoisotopic (exact) mass is 1180 g/mol. The second kappa shape index (κ2) is 31.1. The zero-order valence-electron chi connectivity index (χ0n) is 42.6. The van der Waals surface area contributed by atoms with Crippen molar-refractivity contribution >= 4 is 86.7 Å². The van der Waals surface area contributed by atoms with Gasteiger partial charge in [-0.15, -0.1) is 0 Å². The fourth-order valence-corrected chi connectivity index (χ4v) is 8.67. The van der Waals surface area contributed by atoms with Crippen LogP contribution in [0, 0.1) is 0 Å². The number of carboxylic acids is 2. The maximum Gasteiger partial charge on any atom is 0.469 e. The van der Waals surface area contributed by atoms with Crippen molar-refractivity contribution in [2.45, 2.75) is 119 Å². The topological polar surface area (TPSA) is 562 Å². The number of carboxylic acid groups (broad SMARTS) is 2. The zero-order valence-corrected chi connectivity index (χ0v) is 44.4. The van der Waals surface area contributed by atoms with Crippen molar-refractivity contribution in [2.24, 2.45) is 11.5 Å². The molecule has 2 heterocycles. The van der Waals surface area contributed by atoms with Gasteiger partial charge in [0.25, 0.3) is 0 Å². The van der Waals surface area contributed by atoms with Crippen LogP contribution in [0.4, 0.5) is 0 Å². The van der Waals surface area contributed by atoms with Crippen LogP contribution >= 0.6 is 15.6 Å². The van der Waals surface area contributed by atoms with Gasteiger partial charge in [-0.2, -0.15) is 0 Å². The Kier molecular flexibility index (Phi) is 26.1. The molecule has 35 nitrogen and oxygen atoms in total. The van der Waals surface area contributed by atoms with Gasteiger partial charge in [0.2, 0.25) is 59.1 Å². The van der Waals surface area contributed by atoms with E-state index in [9.17, 15) is 107 Å². The van der Waals surface area contributed by atoms with E-state index in [2.05, 4.69) is 30.3 Å². The van der Waals surface area contributed by atoms with Gasteiger partial charge < -0.3 is 98.5 Å². The van der Waals surface area contributed by atoms with Gasteiger partial charge in [-0.3, -0.25) is 61.8 Å². The third-order valence-corrected chi connectivity index (χ3v) is 13.0. The number of phosphoric acid groups is 2. The molecular formula is C43H65N11O24P2. The van der Waals surface area contributed by atoms with Crippen molar-refractivity contribution in [1.29, 1.82) is 0 Å². The number of hydrogen-bond acceptors (Lipinski definition) is 19. The Balaban J connectivity index is 1.78. The van der Waals surface area contributed by atoms with Gasteiger partial charge in [-0.1, -0.05) is 30.3 Å². The minimum absolute atomic E-state index is 0.0480. The number of hydrogen-bond donors (Lipinski definition) is 17. The molecule has 2 aliphatic rings. The average Bonchev–Trinajstić information content (AvgIpc) is 4.08. The SMILES string of the molecule is C[C@@H](O)[C@H](N)C(=O)N[C@@H](CO)C(=O)N[C@@H](COP(=O)(O)O)C(=O)N[C@@H](CC(=O)O)C(=O)N1CCC[C@H]1C(=O)NCC(=O)N[C@@H](COP(=O)(O)O)C(=O)N1CCC[C@H]1C(=O)N[C@@H](Cc1ccccc1)C(=O)N[C@@H](CCC(N)=O)C(=O)O. The molecular weight excluding hydrogens is 1120 g/mol. The maximum absolute atomic E-state index is 14.1. The van der Waals surface area contributed by atoms with Gasteiger partial charge in [-0.25, -0.2) is 13.9 Å². The molecule has 37 heteroatoms. The van der Waals surface area contributed by atoms with E-state index < -0.39 is 193 Å². The Hall–Kier alpha value is -7.04. The third-order valence-electron chi connectivity index (χ3n) is 12.0. The summed E-state index contributed by atoms with van der Waals surface area (Å²) in [4.78, 5) is 196. The van der Waals surface area contributed by atoms with Crippen molar-refractivity contribution in [3.63, 3.8) is 0 Å². The summed E-state index contributed by atoms with van der Waals surface area (Å²) in [5.41, 5.74) is 11.2. The van der Waals surface area contributed by atoms with Crippen molar-refractivity contribution in [3.05, 3.63) is 35.9 Å². The van der Waals surface area contributed by atoms with Gasteiger partial charge in [-0.05, 0) is 44.6 Å². The van der Waals surface area contributed by atoms with E-state index in [4.69, 9.17) is 11.5 Å². The Morgan fingerprint density at radius 1 is 0.662 bits per heavy atom. The van der Waals surface area contributed by atoms with Crippen LogP contribution in [0.2, 0.25) is 0 Å². The number of amides is 10. The summed E-state index contributed by atoms with van der Waals surface area (Å²) in [7, 11) is -10.8. The standard InChI is InChI=1S/C43H65N11O24P2/c1-21(56)34(45)40(66)51-26(18-55)36(62)52-27(19-77-79(71,72)73)37(63)50-25(16-33(59)60)41(67)53-13-5-9-29(53)38(64)46-17-32(58)47-28(20-78-80(74,75)76)42(68)54-14-6-10-30(54)39(65)49-24(15-22-7-3-2-4-8-22)35(61)48-23(43(69)70)11-12-31(44)57/h2-4,7-8,21,23-30,34,55-56H,5-6,9-20,45H2,1H3,(H2,44,57)(H,46,64)(H,47,58)(H,48,61)(H,49,65)(H,50,63)(H,51,66)(H,52,62)(H,59,60)(H,69,70)(H2,71,72,73)(H2,74,75,76)/t21-,23+,24+,25+,26+,27+,28+,29+,30+,34+/m1/s1. The Bertz CT molecular complexity index is 2530. The molecule has 446 valence electrons. The number of primary amides is 1. The summed E-state index contributed by atoms with van der Waals surface area (Å²) < 4.78 is 32.2. The number of aliphatic hydroxyl groups is 2. The summed E-state index contributed by atoms with van der Waals surface area (Å²) in [6, 6.07) is -7.62. The second-order valence-corrected chi connectivity index (χ2v) is 20.7. The van der Waals surface area contributed by atoms with Gasteiger partial charge in [0.05, 0.1) is 38.9 Å². The van der Waals surface area contributed by atoms with Crippen LogP contribution in [0.15, 0.2) is 30.3 Å². The minimum atomic E-state index is -5.41. The number of rotatable bonds is 32. The van der Waals surface area contributed by atoms with Crippen LogP contribution in [-0.2, 0) is 82.1 Å². The second-order valence-electron chi connectivity index (χ2n) is 18.2. The Morgan fingerprint density at radius 3 is 1.66 bits per heavy atom. The molecule has 1 aromatic carbocycles. The molecule has 10 amide bonds. The van der Waals surface area contributed by atoms with Crippen molar-refractivity contribution in [1.82, 2.24) is 47.0 Å². The van der Waals surface area contributed by atoms with Gasteiger partial charge in [0, 0.05) is 25.9 Å². The number of nitrogens with one attached hydrogen (secondary N) is 7. The van der Waals surface area contributed by atoms with Gasteiger partial charge in [0.15, 0.2) is 0 Å². The minimum Gasteiger partial charge on any atom is -0.481 e. The zero-order chi connectivity index (χ0) is 60.2. The number of carbonyl (C=O) groups excluding carboxylic acids is 10. The number of benzene rings is 1.